The number of aromatic nitrogens is 1. The molecule has 0 bridgehead atoms. The number of hydrogen-bond donors (Lipinski definition) is 1. The molecule has 96 valence electrons. The highest BCUT2D eigenvalue weighted by Gasteiger charge is 2.08. The fourth-order valence-corrected chi connectivity index (χ4v) is 2.55. The number of hydrogen-bond acceptors (Lipinski definition) is 1. The summed E-state index contributed by atoms with van der Waals surface area (Å²) in [6.45, 7) is 3.06. The number of nitrogens with zero attached hydrogens (tertiary/aromatic N) is 1. The smallest absolute Gasteiger partial charge is 0.0702 e. The van der Waals surface area contributed by atoms with Crippen LogP contribution in [0.25, 0.3) is 10.9 Å². The topological polar surface area (TPSA) is 25.2 Å². The third kappa shape index (κ3) is 2.15. The minimum absolute atomic E-state index is 0.0846. The number of fused-ring (bicyclic) bond motifs is 1. The summed E-state index contributed by atoms with van der Waals surface area (Å²) in [5, 5.41) is 10.6. The average molecular weight is 251 g/mol. The summed E-state index contributed by atoms with van der Waals surface area (Å²) >= 11 is 0. The molecule has 0 unspecified atom stereocenters. The van der Waals surface area contributed by atoms with E-state index in [2.05, 4.69) is 54.1 Å². The molecule has 0 amide bonds. The molecule has 0 saturated carbocycles. The molecule has 0 aliphatic heterocycles. The second-order valence-electron chi connectivity index (χ2n) is 4.88. The molecule has 2 nitrogen and oxygen atoms in total. The van der Waals surface area contributed by atoms with Gasteiger partial charge in [-0.1, -0.05) is 42.5 Å². The van der Waals surface area contributed by atoms with Crippen molar-refractivity contribution in [3.8, 4) is 0 Å². The molecule has 0 atom stereocenters. The quantitative estimate of drug-likeness (QED) is 0.757. The summed E-state index contributed by atoms with van der Waals surface area (Å²) in [5.41, 5.74) is 4.78. The third-order valence-corrected chi connectivity index (χ3v) is 3.64. The van der Waals surface area contributed by atoms with Gasteiger partial charge in [0.15, 0.2) is 0 Å². The van der Waals surface area contributed by atoms with Gasteiger partial charge in [-0.25, -0.2) is 0 Å². The Labute approximate surface area is 112 Å². The highest BCUT2D eigenvalue weighted by Crippen LogP contribution is 2.23. The summed E-state index contributed by atoms with van der Waals surface area (Å²) in [5.74, 6) is 0. The van der Waals surface area contributed by atoms with E-state index in [0.717, 1.165) is 17.5 Å². The fraction of sp³-hybridized carbons (Fsp3) is 0.176. The van der Waals surface area contributed by atoms with Gasteiger partial charge in [-0.2, -0.15) is 0 Å². The van der Waals surface area contributed by atoms with Crippen molar-refractivity contribution in [3.63, 3.8) is 0 Å². The first-order valence-corrected chi connectivity index (χ1v) is 6.51. The molecule has 0 radical (unpaired) electrons. The SMILES string of the molecule is Cc1ccccc1Cn1cc(CO)c2ccccc21. The van der Waals surface area contributed by atoms with Gasteiger partial charge in [-0.05, 0) is 24.1 Å². The second-order valence-corrected chi connectivity index (χ2v) is 4.88. The molecule has 0 spiro atoms. The lowest BCUT2D eigenvalue weighted by atomic mass is 10.1. The minimum Gasteiger partial charge on any atom is -0.392 e. The zero-order valence-corrected chi connectivity index (χ0v) is 11.0. The first kappa shape index (κ1) is 12.0. The van der Waals surface area contributed by atoms with E-state index in [0.29, 0.717) is 0 Å². The van der Waals surface area contributed by atoms with Gasteiger partial charge in [0.1, 0.15) is 0 Å². The minimum atomic E-state index is 0.0846. The lowest BCUT2D eigenvalue weighted by Crippen LogP contribution is -1.99. The Balaban J connectivity index is 2.09. The first-order valence-electron chi connectivity index (χ1n) is 6.51. The number of aliphatic hydroxyl groups is 1. The van der Waals surface area contributed by atoms with Crippen LogP contribution in [0.4, 0.5) is 0 Å². The number of aliphatic hydroxyl groups excluding tert-OH is 1. The van der Waals surface area contributed by atoms with Gasteiger partial charge in [0.05, 0.1) is 6.61 Å². The predicted octanol–water partition coefficient (Wildman–Crippen LogP) is 3.49. The van der Waals surface area contributed by atoms with Gasteiger partial charge in [-0.3, -0.25) is 0 Å². The Morgan fingerprint density at radius 3 is 2.47 bits per heavy atom. The van der Waals surface area contributed by atoms with Crippen LogP contribution in [0.3, 0.4) is 0 Å². The van der Waals surface area contributed by atoms with Crippen molar-refractivity contribution < 1.29 is 5.11 Å². The maximum Gasteiger partial charge on any atom is 0.0702 e. The summed E-state index contributed by atoms with van der Waals surface area (Å²) < 4.78 is 2.21. The molecule has 0 fully saturated rings. The average Bonchev–Trinajstić information content (AvgIpc) is 2.80. The van der Waals surface area contributed by atoms with Gasteiger partial charge in [0.25, 0.3) is 0 Å². The van der Waals surface area contributed by atoms with Crippen LogP contribution >= 0.6 is 0 Å². The number of aryl methyl sites for hydroxylation is 1. The summed E-state index contributed by atoms with van der Waals surface area (Å²) in [4.78, 5) is 0. The van der Waals surface area contributed by atoms with Crippen LogP contribution in [0.2, 0.25) is 0 Å². The monoisotopic (exact) mass is 251 g/mol. The largest absolute Gasteiger partial charge is 0.392 e. The van der Waals surface area contributed by atoms with Crippen LogP contribution in [-0.2, 0) is 13.2 Å². The fourth-order valence-electron chi connectivity index (χ4n) is 2.55. The zero-order valence-electron chi connectivity index (χ0n) is 11.0. The molecule has 1 aromatic heterocycles. The van der Waals surface area contributed by atoms with Crippen molar-refractivity contribution in [3.05, 3.63) is 71.4 Å². The van der Waals surface area contributed by atoms with E-state index in [9.17, 15) is 5.11 Å². The molecule has 0 aliphatic carbocycles. The number of rotatable bonds is 3. The van der Waals surface area contributed by atoms with Crippen LogP contribution in [0.15, 0.2) is 54.7 Å². The van der Waals surface area contributed by atoms with Gasteiger partial charge < -0.3 is 9.67 Å². The second kappa shape index (κ2) is 4.90. The Kier molecular flexibility index (Phi) is 3.10. The Morgan fingerprint density at radius 1 is 0.947 bits per heavy atom. The molecular weight excluding hydrogens is 234 g/mol. The number of para-hydroxylation sites is 1. The summed E-state index contributed by atoms with van der Waals surface area (Å²) in [6.07, 6.45) is 2.05. The summed E-state index contributed by atoms with van der Waals surface area (Å²) in [6, 6.07) is 16.6. The van der Waals surface area contributed by atoms with E-state index in [1.165, 1.54) is 16.6 Å². The van der Waals surface area contributed by atoms with Crippen molar-refractivity contribution in [2.24, 2.45) is 0 Å². The van der Waals surface area contributed by atoms with Crippen molar-refractivity contribution in [2.75, 3.05) is 0 Å². The van der Waals surface area contributed by atoms with Crippen molar-refractivity contribution >= 4 is 10.9 Å². The van der Waals surface area contributed by atoms with E-state index in [1.807, 2.05) is 12.1 Å². The van der Waals surface area contributed by atoms with Crippen LogP contribution in [-0.4, -0.2) is 9.67 Å². The molecular formula is C17H17NO. The lowest BCUT2D eigenvalue weighted by molar-refractivity contribution is 0.283. The van der Waals surface area contributed by atoms with Crippen molar-refractivity contribution in [1.29, 1.82) is 0 Å². The lowest BCUT2D eigenvalue weighted by Gasteiger charge is -2.08. The van der Waals surface area contributed by atoms with Gasteiger partial charge in [0.2, 0.25) is 0 Å². The van der Waals surface area contributed by atoms with Crippen LogP contribution in [0, 0.1) is 6.92 Å². The van der Waals surface area contributed by atoms with Crippen LogP contribution in [0.5, 0.6) is 0 Å². The molecule has 2 heteroatoms. The van der Waals surface area contributed by atoms with Gasteiger partial charge in [-0.15, -0.1) is 0 Å². The number of benzene rings is 2. The molecule has 1 heterocycles. The normalized spacial score (nSPS) is 11.1. The molecule has 19 heavy (non-hydrogen) atoms. The Hall–Kier alpha value is -2.06. The molecule has 2 aromatic carbocycles. The van der Waals surface area contributed by atoms with Crippen molar-refractivity contribution in [1.82, 2.24) is 4.57 Å². The highest BCUT2D eigenvalue weighted by atomic mass is 16.3. The van der Waals surface area contributed by atoms with Crippen molar-refractivity contribution in [2.45, 2.75) is 20.1 Å². The standard InChI is InChI=1S/C17H17NO/c1-13-6-2-3-7-14(13)10-18-11-15(12-19)16-8-4-5-9-17(16)18/h2-9,11,19H,10,12H2,1H3. The first-order chi connectivity index (χ1) is 9.29. The molecule has 0 saturated heterocycles. The predicted molar refractivity (Wildman–Crippen MR) is 78.1 cm³/mol. The van der Waals surface area contributed by atoms with Crippen LogP contribution < -0.4 is 0 Å². The van der Waals surface area contributed by atoms with E-state index in [-0.39, 0.29) is 6.61 Å². The van der Waals surface area contributed by atoms with Gasteiger partial charge >= 0.3 is 0 Å². The Bertz CT molecular complexity index is 712. The molecule has 0 aliphatic rings. The molecule has 3 aromatic rings. The van der Waals surface area contributed by atoms with E-state index >= 15 is 0 Å². The van der Waals surface area contributed by atoms with Gasteiger partial charge in [0, 0.05) is 29.2 Å². The summed E-state index contributed by atoms with van der Waals surface area (Å²) in [7, 11) is 0. The van der Waals surface area contributed by atoms with E-state index < -0.39 is 0 Å². The van der Waals surface area contributed by atoms with E-state index in [1.54, 1.807) is 0 Å². The van der Waals surface area contributed by atoms with Crippen LogP contribution in [0.1, 0.15) is 16.7 Å². The molecule has 3 rings (SSSR count). The zero-order chi connectivity index (χ0) is 13.2. The maximum absolute atomic E-state index is 9.46. The Morgan fingerprint density at radius 2 is 1.68 bits per heavy atom. The van der Waals surface area contributed by atoms with E-state index in [4.69, 9.17) is 0 Å². The molecule has 1 N–H and O–H groups in total. The third-order valence-electron chi connectivity index (χ3n) is 3.64. The maximum atomic E-state index is 9.46. The highest BCUT2D eigenvalue weighted by molar-refractivity contribution is 5.83.